The van der Waals surface area contributed by atoms with Crippen molar-refractivity contribution in [2.24, 2.45) is 7.05 Å². The van der Waals surface area contributed by atoms with Gasteiger partial charge in [0.1, 0.15) is 0 Å². The van der Waals surface area contributed by atoms with E-state index in [0.29, 0.717) is 23.0 Å². The minimum absolute atomic E-state index is 0. The first kappa shape index (κ1) is 17.7. The summed E-state index contributed by atoms with van der Waals surface area (Å²) in [4.78, 5) is 29.2. The molecule has 7 heteroatoms. The first-order chi connectivity index (χ1) is 13.6. The quantitative estimate of drug-likeness (QED) is 0.594. The van der Waals surface area contributed by atoms with Crippen LogP contribution in [0.4, 0.5) is 0 Å². The summed E-state index contributed by atoms with van der Waals surface area (Å²) in [5.74, 6) is -0.159. The maximum absolute atomic E-state index is 12.9. The van der Waals surface area contributed by atoms with E-state index in [9.17, 15) is 9.59 Å². The van der Waals surface area contributed by atoms with Gasteiger partial charge in [0, 0.05) is 32.8 Å². The molecular formula is C21H21N5O2. The maximum atomic E-state index is 12.9. The van der Waals surface area contributed by atoms with Crippen LogP contribution in [-0.2, 0) is 13.6 Å². The van der Waals surface area contributed by atoms with Crippen molar-refractivity contribution >= 4 is 16.8 Å². The van der Waals surface area contributed by atoms with Crippen LogP contribution in [0.5, 0.6) is 0 Å². The fourth-order valence-corrected chi connectivity index (χ4v) is 3.24. The number of rotatable bonds is 4. The van der Waals surface area contributed by atoms with Gasteiger partial charge in [-0.05, 0) is 35.9 Å². The average molecular weight is 375 g/mol. The molecule has 4 rings (SSSR count). The van der Waals surface area contributed by atoms with Crippen molar-refractivity contribution in [2.45, 2.75) is 6.54 Å². The van der Waals surface area contributed by atoms with Gasteiger partial charge in [-0.3, -0.25) is 18.8 Å². The van der Waals surface area contributed by atoms with E-state index >= 15 is 0 Å². The zero-order chi connectivity index (χ0) is 19.7. The van der Waals surface area contributed by atoms with Gasteiger partial charge in [0.15, 0.2) is 0 Å². The number of amides is 1. The summed E-state index contributed by atoms with van der Waals surface area (Å²) in [5, 5.41) is 7.33. The number of hydrogen-bond acceptors (Lipinski definition) is 4. The highest BCUT2D eigenvalue weighted by atomic mass is 16.1. The van der Waals surface area contributed by atoms with Gasteiger partial charge in [-0.1, -0.05) is 18.2 Å². The first-order valence-corrected chi connectivity index (χ1v) is 8.85. The number of nitrogens with zero attached hydrogens (tertiary/aromatic N) is 4. The number of benzene rings is 2. The van der Waals surface area contributed by atoms with Gasteiger partial charge < -0.3 is 5.32 Å². The summed E-state index contributed by atoms with van der Waals surface area (Å²) >= 11 is 0. The van der Waals surface area contributed by atoms with Gasteiger partial charge in [-0.15, -0.1) is 0 Å². The van der Waals surface area contributed by atoms with Crippen molar-refractivity contribution < 1.29 is 6.22 Å². The topological polar surface area (TPSA) is 81.8 Å². The molecule has 2 aromatic carbocycles. The second kappa shape index (κ2) is 7.11. The lowest BCUT2D eigenvalue weighted by Gasteiger charge is -2.09. The number of fused-ring (bicyclic) bond motifs is 1. The number of aromatic nitrogens is 4. The SMILES string of the molecule is CNC(=O)c1cccc(Cn2cnc3cc(-c4ccnn4C)ccc3c2=O)c1.[HH]. The predicted molar refractivity (Wildman–Crippen MR) is 109 cm³/mol. The molecule has 1 amide bonds. The van der Waals surface area contributed by atoms with Crippen molar-refractivity contribution in [1.29, 1.82) is 0 Å². The average Bonchev–Trinajstić information content (AvgIpc) is 3.15. The predicted octanol–water partition coefficient (Wildman–Crippen LogP) is 2.45. The van der Waals surface area contributed by atoms with Crippen LogP contribution < -0.4 is 10.9 Å². The third-order valence-corrected chi connectivity index (χ3v) is 4.71. The molecule has 2 aromatic heterocycles. The lowest BCUT2D eigenvalue weighted by Crippen LogP contribution is -2.22. The Balaban J connectivity index is 0.00000240. The molecule has 0 radical (unpaired) electrons. The zero-order valence-corrected chi connectivity index (χ0v) is 15.6. The van der Waals surface area contributed by atoms with Crippen molar-refractivity contribution in [2.75, 3.05) is 7.05 Å². The maximum Gasteiger partial charge on any atom is 0.261 e. The Bertz CT molecular complexity index is 1250. The van der Waals surface area contributed by atoms with Crippen molar-refractivity contribution in [3.05, 3.63) is 82.5 Å². The Hall–Kier alpha value is -3.74. The van der Waals surface area contributed by atoms with Crippen molar-refractivity contribution in [3.63, 3.8) is 0 Å². The van der Waals surface area contributed by atoms with Crippen molar-refractivity contribution in [1.82, 2.24) is 24.6 Å². The van der Waals surface area contributed by atoms with Crippen LogP contribution in [-0.4, -0.2) is 32.3 Å². The molecule has 0 bridgehead atoms. The molecule has 0 atom stereocenters. The zero-order valence-electron chi connectivity index (χ0n) is 15.6. The molecule has 0 aliphatic heterocycles. The molecule has 4 aromatic rings. The van der Waals surface area contributed by atoms with E-state index in [1.807, 2.05) is 31.3 Å². The molecule has 0 spiro atoms. The van der Waals surface area contributed by atoms with Crippen LogP contribution in [0.25, 0.3) is 22.2 Å². The second-order valence-corrected chi connectivity index (χ2v) is 6.53. The molecule has 0 saturated heterocycles. The van der Waals surface area contributed by atoms with E-state index in [-0.39, 0.29) is 12.9 Å². The highest BCUT2D eigenvalue weighted by Gasteiger charge is 2.09. The van der Waals surface area contributed by atoms with Crippen LogP contribution >= 0.6 is 0 Å². The molecule has 0 aliphatic carbocycles. The van der Waals surface area contributed by atoms with Gasteiger partial charge in [0.05, 0.1) is 29.5 Å². The lowest BCUT2D eigenvalue weighted by molar-refractivity contribution is 0.0963. The van der Waals surface area contributed by atoms with Crippen LogP contribution in [0, 0.1) is 0 Å². The van der Waals surface area contributed by atoms with E-state index in [1.54, 1.807) is 53.1 Å². The molecule has 0 fully saturated rings. The normalized spacial score (nSPS) is 10.9. The van der Waals surface area contributed by atoms with E-state index < -0.39 is 0 Å². The molecule has 0 aliphatic rings. The van der Waals surface area contributed by atoms with Gasteiger partial charge in [-0.25, -0.2) is 4.98 Å². The fraction of sp³-hybridized carbons (Fsp3) is 0.143. The Kier molecular flexibility index (Phi) is 4.49. The molecule has 0 saturated carbocycles. The van der Waals surface area contributed by atoms with Gasteiger partial charge in [0.2, 0.25) is 0 Å². The molecular weight excluding hydrogens is 354 g/mol. The number of aryl methyl sites for hydroxylation is 1. The minimum Gasteiger partial charge on any atom is -0.355 e. The Morgan fingerprint density at radius 1 is 1.18 bits per heavy atom. The Morgan fingerprint density at radius 2 is 2.04 bits per heavy atom. The van der Waals surface area contributed by atoms with E-state index in [2.05, 4.69) is 15.4 Å². The van der Waals surface area contributed by atoms with E-state index in [1.165, 1.54) is 0 Å². The lowest BCUT2D eigenvalue weighted by atomic mass is 10.1. The minimum atomic E-state index is -0.159. The van der Waals surface area contributed by atoms with Crippen LogP contribution in [0.1, 0.15) is 17.3 Å². The summed E-state index contributed by atoms with van der Waals surface area (Å²) in [6, 6.07) is 14.7. The summed E-state index contributed by atoms with van der Waals surface area (Å²) in [6.45, 7) is 0.343. The molecule has 0 unspecified atom stereocenters. The van der Waals surface area contributed by atoms with Gasteiger partial charge in [-0.2, -0.15) is 5.10 Å². The Morgan fingerprint density at radius 3 is 2.79 bits per heavy atom. The van der Waals surface area contributed by atoms with Crippen LogP contribution in [0.15, 0.2) is 65.8 Å². The molecule has 28 heavy (non-hydrogen) atoms. The largest absolute Gasteiger partial charge is 0.355 e. The third-order valence-electron chi connectivity index (χ3n) is 4.71. The smallest absolute Gasteiger partial charge is 0.261 e. The van der Waals surface area contributed by atoms with E-state index in [4.69, 9.17) is 0 Å². The summed E-state index contributed by atoms with van der Waals surface area (Å²) < 4.78 is 3.33. The molecule has 2 heterocycles. The molecule has 7 nitrogen and oxygen atoms in total. The number of carbonyl (C=O) groups is 1. The highest BCUT2D eigenvalue weighted by molar-refractivity contribution is 5.94. The number of nitrogens with one attached hydrogen (secondary N) is 1. The van der Waals surface area contributed by atoms with Crippen LogP contribution in [0.3, 0.4) is 0 Å². The van der Waals surface area contributed by atoms with Gasteiger partial charge >= 0.3 is 0 Å². The van der Waals surface area contributed by atoms with E-state index in [0.717, 1.165) is 16.8 Å². The molecule has 1 N–H and O–H groups in total. The summed E-state index contributed by atoms with van der Waals surface area (Å²) in [6.07, 6.45) is 3.28. The van der Waals surface area contributed by atoms with Crippen LogP contribution in [0.2, 0.25) is 0 Å². The Labute approximate surface area is 162 Å². The summed E-state index contributed by atoms with van der Waals surface area (Å²) in [7, 11) is 3.46. The van der Waals surface area contributed by atoms with Gasteiger partial charge in [0.25, 0.3) is 11.5 Å². The standard InChI is InChI=1S/C21H19N5O2.H2/c1-22-20(27)16-5-3-4-14(10-16)12-26-13-23-18-11-15(6-7-17(18)21(26)28)19-8-9-24-25(19)2;/h3-11,13H,12H2,1-2H3,(H,22,27);1H. The highest BCUT2D eigenvalue weighted by Crippen LogP contribution is 2.21. The van der Waals surface area contributed by atoms with Crippen molar-refractivity contribution in [3.8, 4) is 11.3 Å². The fourth-order valence-electron chi connectivity index (χ4n) is 3.24. The number of hydrogen-bond donors (Lipinski definition) is 1. The third kappa shape index (κ3) is 3.18. The second-order valence-electron chi connectivity index (χ2n) is 6.53. The first-order valence-electron chi connectivity index (χ1n) is 8.85. The monoisotopic (exact) mass is 375 g/mol. The number of carbonyl (C=O) groups excluding carboxylic acids is 1. The summed E-state index contributed by atoms with van der Waals surface area (Å²) in [5.41, 5.74) is 3.85. The molecule has 142 valence electrons.